The first-order valence-corrected chi connectivity index (χ1v) is 7.10. The minimum absolute atomic E-state index is 0.0290. The molecule has 0 unspecified atom stereocenters. The third-order valence-corrected chi connectivity index (χ3v) is 4.19. The van der Waals surface area contributed by atoms with Gasteiger partial charge in [0.25, 0.3) is 10.0 Å². The van der Waals surface area contributed by atoms with Crippen LogP contribution in [0.5, 0.6) is 0 Å². The molecule has 0 fully saturated rings. The van der Waals surface area contributed by atoms with E-state index >= 15 is 0 Å². The quantitative estimate of drug-likeness (QED) is 0.842. The molecule has 0 spiro atoms. The van der Waals surface area contributed by atoms with Crippen molar-refractivity contribution < 1.29 is 8.42 Å². The Balaban J connectivity index is 2.46. The molecule has 0 aliphatic carbocycles. The van der Waals surface area contributed by atoms with Crippen LogP contribution in [-0.4, -0.2) is 18.4 Å². The van der Waals surface area contributed by atoms with Gasteiger partial charge in [-0.2, -0.15) is 0 Å². The largest absolute Gasteiger partial charge is 0.398 e. The molecule has 0 radical (unpaired) electrons. The molecule has 1 aromatic carbocycles. The zero-order valence-corrected chi connectivity index (χ0v) is 11.5. The summed E-state index contributed by atoms with van der Waals surface area (Å²) >= 11 is 5.83. The molecule has 0 saturated heterocycles. The molecular weight excluding hydrogens is 288 g/mol. The second-order valence-electron chi connectivity index (χ2n) is 3.85. The van der Waals surface area contributed by atoms with Crippen molar-refractivity contribution in [1.82, 2.24) is 9.97 Å². The Morgan fingerprint density at radius 3 is 2.53 bits per heavy atom. The van der Waals surface area contributed by atoms with Crippen LogP contribution in [0, 0.1) is 6.92 Å². The van der Waals surface area contributed by atoms with E-state index in [0.29, 0.717) is 11.3 Å². The van der Waals surface area contributed by atoms with Gasteiger partial charge < -0.3 is 5.73 Å². The number of rotatable bonds is 3. The Morgan fingerprint density at radius 1 is 1.26 bits per heavy atom. The average Bonchev–Trinajstić information content (AvgIpc) is 2.34. The third-order valence-electron chi connectivity index (χ3n) is 2.47. The number of nitrogens with one attached hydrogen (secondary N) is 1. The number of hydrogen-bond acceptors (Lipinski definition) is 5. The number of sulfonamides is 1. The van der Waals surface area contributed by atoms with E-state index in [1.165, 1.54) is 30.9 Å². The summed E-state index contributed by atoms with van der Waals surface area (Å²) in [6.45, 7) is 1.61. The third kappa shape index (κ3) is 2.94. The Labute approximate surface area is 115 Å². The molecule has 0 aliphatic rings. The monoisotopic (exact) mass is 298 g/mol. The Bertz CT molecular complexity index is 704. The van der Waals surface area contributed by atoms with E-state index in [-0.39, 0.29) is 15.6 Å². The van der Waals surface area contributed by atoms with Gasteiger partial charge in [0.2, 0.25) is 0 Å². The van der Waals surface area contributed by atoms with Crippen molar-refractivity contribution in [3.05, 3.63) is 41.4 Å². The highest BCUT2D eigenvalue weighted by molar-refractivity contribution is 7.92. The highest BCUT2D eigenvalue weighted by Gasteiger charge is 2.19. The molecule has 0 aliphatic heterocycles. The summed E-state index contributed by atoms with van der Waals surface area (Å²) in [4.78, 5) is 7.49. The molecule has 0 saturated carbocycles. The van der Waals surface area contributed by atoms with Crippen LogP contribution >= 0.6 is 11.6 Å². The van der Waals surface area contributed by atoms with Crippen molar-refractivity contribution in [3.8, 4) is 0 Å². The molecule has 19 heavy (non-hydrogen) atoms. The van der Waals surface area contributed by atoms with E-state index in [4.69, 9.17) is 17.3 Å². The fraction of sp³-hybridized carbons (Fsp3) is 0.0909. The summed E-state index contributed by atoms with van der Waals surface area (Å²) in [7, 11) is -3.78. The van der Waals surface area contributed by atoms with Crippen LogP contribution in [0.4, 0.5) is 11.4 Å². The topological polar surface area (TPSA) is 98.0 Å². The first kappa shape index (κ1) is 13.6. The lowest BCUT2D eigenvalue weighted by molar-refractivity contribution is 0.600. The van der Waals surface area contributed by atoms with Crippen LogP contribution in [0.2, 0.25) is 5.02 Å². The molecule has 0 bridgehead atoms. The maximum atomic E-state index is 12.2. The smallest absolute Gasteiger partial charge is 0.262 e. The highest BCUT2D eigenvalue weighted by atomic mass is 35.5. The lowest BCUT2D eigenvalue weighted by Crippen LogP contribution is -2.15. The standard InChI is InChI=1S/C11H11ClN4O2S/c1-7-10(13)2-8(12)3-11(7)19(17,18)16-9-4-14-6-15-5-9/h2-6,16H,13H2,1H3. The van der Waals surface area contributed by atoms with E-state index in [1.54, 1.807) is 6.92 Å². The van der Waals surface area contributed by atoms with Gasteiger partial charge in [-0.1, -0.05) is 11.6 Å². The summed E-state index contributed by atoms with van der Waals surface area (Å²) in [5, 5.41) is 0.257. The van der Waals surface area contributed by atoms with Crippen LogP contribution in [0.25, 0.3) is 0 Å². The first-order chi connectivity index (χ1) is 8.90. The van der Waals surface area contributed by atoms with Gasteiger partial charge in [-0.05, 0) is 24.6 Å². The predicted molar refractivity (Wildman–Crippen MR) is 73.4 cm³/mol. The second kappa shape index (κ2) is 5.02. The van der Waals surface area contributed by atoms with Crippen molar-refractivity contribution >= 4 is 33.0 Å². The molecule has 100 valence electrons. The van der Waals surface area contributed by atoms with Crippen molar-refractivity contribution in [2.75, 3.05) is 10.5 Å². The van der Waals surface area contributed by atoms with Crippen molar-refractivity contribution in [2.45, 2.75) is 11.8 Å². The molecule has 0 atom stereocenters. The molecule has 8 heteroatoms. The summed E-state index contributed by atoms with van der Waals surface area (Å²) in [6.07, 6.45) is 4.02. The van der Waals surface area contributed by atoms with Crippen molar-refractivity contribution in [3.63, 3.8) is 0 Å². The van der Waals surface area contributed by atoms with Crippen LogP contribution in [0.3, 0.4) is 0 Å². The minimum Gasteiger partial charge on any atom is -0.398 e. The van der Waals surface area contributed by atoms with Crippen molar-refractivity contribution in [2.24, 2.45) is 0 Å². The Kier molecular flexibility index (Phi) is 3.59. The van der Waals surface area contributed by atoms with Crippen LogP contribution < -0.4 is 10.5 Å². The Hall–Kier alpha value is -1.86. The maximum Gasteiger partial charge on any atom is 0.262 e. The predicted octanol–water partition coefficient (Wildman–Crippen LogP) is 1.82. The summed E-state index contributed by atoms with van der Waals surface area (Å²) in [5.74, 6) is 0. The fourth-order valence-corrected chi connectivity index (χ4v) is 3.14. The summed E-state index contributed by atoms with van der Waals surface area (Å²) in [6, 6.07) is 2.85. The second-order valence-corrected chi connectivity index (χ2v) is 5.94. The number of benzene rings is 1. The van der Waals surface area contributed by atoms with Gasteiger partial charge in [-0.15, -0.1) is 0 Å². The van der Waals surface area contributed by atoms with Gasteiger partial charge in [0, 0.05) is 10.7 Å². The highest BCUT2D eigenvalue weighted by Crippen LogP contribution is 2.27. The van der Waals surface area contributed by atoms with Crippen LogP contribution in [0.1, 0.15) is 5.56 Å². The van der Waals surface area contributed by atoms with Gasteiger partial charge >= 0.3 is 0 Å². The van der Waals surface area contributed by atoms with Gasteiger partial charge in [0.1, 0.15) is 6.33 Å². The number of nitrogens with zero attached hydrogens (tertiary/aromatic N) is 2. The summed E-state index contributed by atoms with van der Waals surface area (Å²) < 4.78 is 26.9. The van der Waals surface area contributed by atoms with Crippen molar-refractivity contribution in [1.29, 1.82) is 0 Å². The van der Waals surface area contributed by atoms with Gasteiger partial charge in [0.05, 0.1) is 23.0 Å². The van der Waals surface area contributed by atoms with Crippen LogP contribution in [-0.2, 0) is 10.0 Å². The van der Waals surface area contributed by atoms with E-state index in [1.807, 2.05) is 0 Å². The molecule has 3 N–H and O–H groups in total. The number of halogens is 1. The Morgan fingerprint density at radius 2 is 1.89 bits per heavy atom. The number of nitrogen functional groups attached to an aromatic ring is 1. The van der Waals surface area contributed by atoms with E-state index in [0.717, 1.165) is 0 Å². The summed E-state index contributed by atoms with van der Waals surface area (Å²) in [5.41, 5.74) is 6.73. The minimum atomic E-state index is -3.78. The lowest BCUT2D eigenvalue weighted by atomic mass is 10.2. The maximum absolute atomic E-state index is 12.2. The van der Waals surface area contributed by atoms with E-state index in [2.05, 4.69) is 14.7 Å². The fourth-order valence-electron chi connectivity index (χ4n) is 1.52. The first-order valence-electron chi connectivity index (χ1n) is 5.23. The van der Waals surface area contributed by atoms with Gasteiger partial charge in [-0.25, -0.2) is 18.4 Å². The SMILES string of the molecule is Cc1c(N)cc(Cl)cc1S(=O)(=O)Nc1cncnc1. The van der Waals surface area contributed by atoms with Crippen LogP contribution in [0.15, 0.2) is 35.7 Å². The van der Waals surface area contributed by atoms with Gasteiger partial charge in [-0.3, -0.25) is 4.72 Å². The average molecular weight is 299 g/mol. The normalized spacial score (nSPS) is 11.3. The number of aromatic nitrogens is 2. The zero-order chi connectivity index (χ0) is 14.0. The molecule has 1 heterocycles. The van der Waals surface area contributed by atoms with E-state index < -0.39 is 10.0 Å². The molecule has 2 aromatic rings. The zero-order valence-electron chi connectivity index (χ0n) is 9.96. The number of anilines is 2. The van der Waals surface area contributed by atoms with Gasteiger partial charge in [0.15, 0.2) is 0 Å². The molecular formula is C11H11ClN4O2S. The molecule has 6 nitrogen and oxygen atoms in total. The molecule has 2 rings (SSSR count). The molecule has 0 amide bonds. The lowest BCUT2D eigenvalue weighted by Gasteiger charge is -2.11. The van der Waals surface area contributed by atoms with E-state index in [9.17, 15) is 8.42 Å². The number of nitrogens with two attached hydrogens (primary N) is 1. The number of hydrogen-bond donors (Lipinski definition) is 2. The molecule has 1 aromatic heterocycles.